The molecule has 1 fully saturated rings. The molecule has 176 valence electrons. The highest BCUT2D eigenvalue weighted by Crippen LogP contribution is 2.34. The Balaban J connectivity index is 1.63. The topological polar surface area (TPSA) is 92.4 Å². The van der Waals surface area contributed by atoms with E-state index in [2.05, 4.69) is 45.7 Å². The lowest BCUT2D eigenvalue weighted by Crippen LogP contribution is -2.41. The molecule has 1 saturated heterocycles. The SMILES string of the molecule is Cc1cc(N[C@@H](c2ccccc2)C2CCCCN2)c2cccc(OCCNS(C)(=O)=O)c2n1. The van der Waals surface area contributed by atoms with E-state index in [4.69, 9.17) is 9.72 Å². The van der Waals surface area contributed by atoms with Crippen LogP contribution in [0, 0.1) is 6.92 Å². The van der Waals surface area contributed by atoms with Crippen molar-refractivity contribution in [2.75, 3.05) is 31.3 Å². The Kier molecular flexibility index (Phi) is 7.47. The summed E-state index contributed by atoms with van der Waals surface area (Å²) in [7, 11) is -3.25. The van der Waals surface area contributed by atoms with Gasteiger partial charge in [-0.3, -0.25) is 0 Å². The zero-order valence-corrected chi connectivity index (χ0v) is 20.0. The van der Waals surface area contributed by atoms with E-state index in [0.29, 0.717) is 11.8 Å². The van der Waals surface area contributed by atoms with Gasteiger partial charge in [0, 0.05) is 29.4 Å². The quantitative estimate of drug-likeness (QED) is 0.414. The number of sulfonamides is 1. The van der Waals surface area contributed by atoms with Crippen LogP contribution in [0.2, 0.25) is 0 Å². The lowest BCUT2D eigenvalue weighted by atomic mass is 9.92. The van der Waals surface area contributed by atoms with Crippen molar-refractivity contribution in [1.82, 2.24) is 15.0 Å². The maximum absolute atomic E-state index is 11.3. The fourth-order valence-corrected chi connectivity index (χ4v) is 4.84. The smallest absolute Gasteiger partial charge is 0.208 e. The number of ether oxygens (including phenoxy) is 1. The molecule has 3 aromatic rings. The standard InChI is InChI=1S/C25H32N4O3S/c1-18-17-22(29-24(19-9-4-3-5-10-19)21-12-6-7-14-26-21)20-11-8-13-23(25(20)28-18)32-16-15-27-33(2,30)31/h3-5,8-11,13,17,21,24,26-27H,6-7,12,14-16H2,1-2H3,(H,28,29)/t21?,24-/m0/s1. The Morgan fingerprint density at radius 1 is 1.15 bits per heavy atom. The summed E-state index contributed by atoms with van der Waals surface area (Å²) in [5.74, 6) is 0.640. The molecule has 7 nitrogen and oxygen atoms in total. The van der Waals surface area contributed by atoms with Crippen LogP contribution in [0.3, 0.4) is 0 Å². The maximum atomic E-state index is 11.3. The van der Waals surface area contributed by atoms with Gasteiger partial charge < -0.3 is 15.4 Å². The number of aryl methyl sites for hydroxylation is 1. The van der Waals surface area contributed by atoms with Crippen LogP contribution in [0.15, 0.2) is 54.6 Å². The van der Waals surface area contributed by atoms with Gasteiger partial charge in [0.1, 0.15) is 17.9 Å². The molecule has 0 aliphatic carbocycles. The fraction of sp³-hybridized carbons (Fsp3) is 0.400. The summed E-state index contributed by atoms with van der Waals surface area (Å²) >= 11 is 0. The zero-order valence-electron chi connectivity index (χ0n) is 19.2. The molecule has 2 atom stereocenters. The van der Waals surface area contributed by atoms with Gasteiger partial charge in [-0.2, -0.15) is 0 Å². The van der Waals surface area contributed by atoms with Crippen LogP contribution in [0.4, 0.5) is 5.69 Å². The lowest BCUT2D eigenvalue weighted by molar-refractivity contribution is 0.326. The van der Waals surface area contributed by atoms with Gasteiger partial charge in [-0.05, 0) is 44.0 Å². The molecule has 0 amide bonds. The first kappa shape index (κ1) is 23.5. The third-order valence-corrected chi connectivity index (χ3v) is 6.60. The Hall–Kier alpha value is -2.68. The van der Waals surface area contributed by atoms with Gasteiger partial charge in [0.05, 0.1) is 12.3 Å². The van der Waals surface area contributed by atoms with Crippen molar-refractivity contribution in [1.29, 1.82) is 0 Å². The molecule has 1 aliphatic heterocycles. The highest BCUT2D eigenvalue weighted by molar-refractivity contribution is 7.88. The number of benzene rings is 2. The number of rotatable bonds is 9. The molecular formula is C25H32N4O3S. The number of fused-ring (bicyclic) bond motifs is 1. The number of nitrogens with zero attached hydrogens (tertiary/aromatic N) is 1. The number of piperidine rings is 1. The lowest BCUT2D eigenvalue weighted by Gasteiger charge is -2.33. The number of aromatic nitrogens is 1. The normalized spacial score (nSPS) is 17.6. The number of hydrogen-bond acceptors (Lipinski definition) is 6. The number of anilines is 1. The molecule has 0 bridgehead atoms. The second-order valence-corrected chi connectivity index (χ2v) is 10.4. The van der Waals surface area contributed by atoms with Crippen LogP contribution in [0.25, 0.3) is 10.9 Å². The van der Waals surface area contributed by atoms with E-state index in [1.54, 1.807) is 0 Å². The van der Waals surface area contributed by atoms with Crippen molar-refractivity contribution < 1.29 is 13.2 Å². The third-order valence-electron chi connectivity index (χ3n) is 5.87. The van der Waals surface area contributed by atoms with Gasteiger partial charge in [0.25, 0.3) is 0 Å². The Bertz CT molecular complexity index is 1180. The van der Waals surface area contributed by atoms with E-state index in [0.717, 1.165) is 41.5 Å². The minimum atomic E-state index is -3.25. The Morgan fingerprint density at radius 2 is 1.97 bits per heavy atom. The molecule has 1 unspecified atom stereocenters. The van der Waals surface area contributed by atoms with Gasteiger partial charge in [-0.15, -0.1) is 0 Å². The Labute approximate surface area is 196 Å². The average Bonchev–Trinajstić information content (AvgIpc) is 2.81. The van der Waals surface area contributed by atoms with E-state index >= 15 is 0 Å². The highest BCUT2D eigenvalue weighted by atomic mass is 32.2. The highest BCUT2D eigenvalue weighted by Gasteiger charge is 2.25. The van der Waals surface area contributed by atoms with Crippen molar-refractivity contribution in [3.8, 4) is 5.75 Å². The van der Waals surface area contributed by atoms with Gasteiger partial charge >= 0.3 is 0 Å². The zero-order chi connectivity index (χ0) is 23.3. The first-order valence-corrected chi connectivity index (χ1v) is 13.3. The van der Waals surface area contributed by atoms with E-state index in [1.807, 2.05) is 31.2 Å². The molecule has 1 aliphatic rings. The summed E-state index contributed by atoms with van der Waals surface area (Å²) in [4.78, 5) is 4.74. The fourth-order valence-electron chi connectivity index (χ4n) is 4.38. The second-order valence-electron chi connectivity index (χ2n) is 8.57. The first-order chi connectivity index (χ1) is 15.9. The van der Waals surface area contributed by atoms with Gasteiger partial charge in [0.15, 0.2) is 0 Å². The summed E-state index contributed by atoms with van der Waals surface area (Å²) in [6.45, 7) is 3.44. The number of pyridine rings is 1. The van der Waals surface area contributed by atoms with Gasteiger partial charge in [0.2, 0.25) is 10.0 Å². The summed E-state index contributed by atoms with van der Waals surface area (Å²) in [5, 5.41) is 8.49. The predicted molar refractivity (Wildman–Crippen MR) is 133 cm³/mol. The maximum Gasteiger partial charge on any atom is 0.208 e. The van der Waals surface area contributed by atoms with Crippen LogP contribution in [-0.2, 0) is 10.0 Å². The van der Waals surface area contributed by atoms with E-state index in [1.165, 1.54) is 18.4 Å². The molecular weight excluding hydrogens is 436 g/mol. The minimum Gasteiger partial charge on any atom is -0.490 e. The molecule has 0 radical (unpaired) electrons. The second kappa shape index (κ2) is 10.5. The molecule has 8 heteroatoms. The van der Waals surface area contributed by atoms with Crippen molar-refractivity contribution in [2.24, 2.45) is 0 Å². The first-order valence-electron chi connectivity index (χ1n) is 11.4. The van der Waals surface area contributed by atoms with Crippen molar-refractivity contribution in [3.63, 3.8) is 0 Å². The van der Waals surface area contributed by atoms with E-state index in [-0.39, 0.29) is 19.2 Å². The summed E-state index contributed by atoms with van der Waals surface area (Å²) in [5.41, 5.74) is 3.92. The number of para-hydroxylation sites is 1. The van der Waals surface area contributed by atoms with Crippen LogP contribution in [0.1, 0.15) is 36.6 Å². The van der Waals surface area contributed by atoms with Crippen LogP contribution in [0.5, 0.6) is 5.75 Å². The summed E-state index contributed by atoms with van der Waals surface area (Å²) < 4.78 is 31.0. The molecule has 3 N–H and O–H groups in total. The third kappa shape index (κ3) is 6.22. The van der Waals surface area contributed by atoms with Crippen LogP contribution in [-0.4, -0.2) is 45.4 Å². The van der Waals surface area contributed by atoms with Gasteiger partial charge in [-0.1, -0.05) is 48.9 Å². The molecule has 33 heavy (non-hydrogen) atoms. The van der Waals surface area contributed by atoms with Gasteiger partial charge in [-0.25, -0.2) is 18.1 Å². The number of hydrogen-bond donors (Lipinski definition) is 3. The van der Waals surface area contributed by atoms with Crippen molar-refractivity contribution in [2.45, 2.75) is 38.3 Å². The van der Waals surface area contributed by atoms with E-state index in [9.17, 15) is 8.42 Å². The average molecular weight is 469 g/mol. The summed E-state index contributed by atoms with van der Waals surface area (Å²) in [6, 6.07) is 19.0. The molecule has 1 aromatic heterocycles. The molecule has 0 saturated carbocycles. The van der Waals surface area contributed by atoms with E-state index < -0.39 is 10.0 Å². The minimum absolute atomic E-state index is 0.125. The molecule has 2 aromatic carbocycles. The number of nitrogens with one attached hydrogen (secondary N) is 3. The Morgan fingerprint density at radius 3 is 2.70 bits per heavy atom. The summed E-state index contributed by atoms with van der Waals surface area (Å²) in [6.07, 6.45) is 4.69. The van der Waals surface area contributed by atoms with Crippen LogP contribution >= 0.6 is 0 Å². The molecule has 4 rings (SSSR count). The monoisotopic (exact) mass is 468 g/mol. The predicted octanol–water partition coefficient (Wildman–Crippen LogP) is 3.77. The molecule has 0 spiro atoms. The van der Waals surface area contributed by atoms with Crippen LogP contribution < -0.4 is 20.1 Å². The van der Waals surface area contributed by atoms with Crippen molar-refractivity contribution in [3.05, 3.63) is 65.9 Å². The largest absolute Gasteiger partial charge is 0.490 e. The van der Waals surface area contributed by atoms with Crippen molar-refractivity contribution >= 4 is 26.6 Å². The molecule has 2 heterocycles.